The molecule has 1 rings (SSSR count). The maximum Gasteiger partial charge on any atom is 0.0948 e. The minimum Gasteiger partial charge on any atom is -0.302 e. The Morgan fingerprint density at radius 3 is 2.67 bits per heavy atom. The number of hydrogen-bond donors (Lipinski definition) is 1. The second kappa shape index (κ2) is 2.54. The maximum atomic E-state index is 7.22. The second-order valence-corrected chi connectivity index (χ2v) is 2.59. The lowest BCUT2D eigenvalue weighted by Crippen LogP contribution is -2.12. The summed E-state index contributed by atoms with van der Waals surface area (Å²) >= 11 is 11.2. The van der Waals surface area contributed by atoms with E-state index in [0.717, 1.165) is 0 Å². The van der Waals surface area contributed by atoms with Crippen LogP contribution < -0.4 is 0 Å². The van der Waals surface area contributed by atoms with Crippen LogP contribution in [0.4, 0.5) is 0 Å². The van der Waals surface area contributed by atoms with Crippen molar-refractivity contribution in [1.82, 2.24) is 0 Å². The third kappa shape index (κ3) is 1.35. The van der Waals surface area contributed by atoms with Crippen LogP contribution >= 0.6 is 23.2 Å². The zero-order valence-corrected chi connectivity index (χ0v) is 6.08. The predicted molar refractivity (Wildman–Crippen MR) is 40.4 cm³/mol. The summed E-state index contributed by atoms with van der Waals surface area (Å²) in [6, 6.07) is 0. The van der Waals surface area contributed by atoms with Crippen LogP contribution in [0.2, 0.25) is 0 Å². The fourth-order valence-electron chi connectivity index (χ4n) is 0.555. The van der Waals surface area contributed by atoms with Gasteiger partial charge in [0.15, 0.2) is 0 Å². The molecule has 0 bridgehead atoms. The van der Waals surface area contributed by atoms with Crippen molar-refractivity contribution < 1.29 is 0 Å². The number of allylic oxidation sites excluding steroid dienone is 4. The first-order valence-corrected chi connectivity index (χ1v) is 3.30. The van der Waals surface area contributed by atoms with E-state index in [1.807, 2.05) is 0 Å². The van der Waals surface area contributed by atoms with E-state index in [-0.39, 0.29) is 11.1 Å². The van der Waals surface area contributed by atoms with Gasteiger partial charge >= 0.3 is 0 Å². The molecule has 0 fully saturated rings. The van der Waals surface area contributed by atoms with Crippen molar-refractivity contribution in [2.75, 3.05) is 0 Å². The molecule has 0 aliphatic heterocycles. The largest absolute Gasteiger partial charge is 0.302 e. The van der Waals surface area contributed by atoms with Crippen LogP contribution in [0.25, 0.3) is 0 Å². The molecule has 3 heteroatoms. The van der Waals surface area contributed by atoms with E-state index in [2.05, 4.69) is 0 Å². The summed E-state index contributed by atoms with van der Waals surface area (Å²) in [5.41, 5.74) is 0.279. The molecule has 1 aliphatic carbocycles. The van der Waals surface area contributed by atoms with Gasteiger partial charge in [0, 0.05) is 0 Å². The lowest BCUT2D eigenvalue weighted by Gasteiger charge is -2.07. The van der Waals surface area contributed by atoms with Crippen molar-refractivity contribution in [3.8, 4) is 0 Å². The molecule has 0 saturated heterocycles. The van der Waals surface area contributed by atoms with E-state index in [4.69, 9.17) is 28.6 Å². The molecule has 0 heterocycles. The number of alkyl halides is 1. The van der Waals surface area contributed by atoms with Gasteiger partial charge in [0.2, 0.25) is 0 Å². The highest BCUT2D eigenvalue weighted by Gasteiger charge is 2.12. The minimum absolute atomic E-state index is 0.279. The Bertz CT molecular complexity index is 193. The molecule has 48 valence electrons. The average molecular weight is 162 g/mol. The first kappa shape index (κ1) is 6.84. The average Bonchev–Trinajstić information content (AvgIpc) is 1.83. The van der Waals surface area contributed by atoms with Gasteiger partial charge in [-0.1, -0.05) is 23.8 Å². The van der Waals surface area contributed by atoms with Gasteiger partial charge in [-0.2, -0.15) is 0 Å². The van der Waals surface area contributed by atoms with E-state index < -0.39 is 0 Å². The van der Waals surface area contributed by atoms with Crippen molar-refractivity contribution in [2.24, 2.45) is 0 Å². The van der Waals surface area contributed by atoms with Crippen LogP contribution in [-0.2, 0) is 0 Å². The Morgan fingerprint density at radius 1 is 1.56 bits per heavy atom. The summed E-state index contributed by atoms with van der Waals surface area (Å²) < 4.78 is 0. The molecule has 1 unspecified atom stereocenters. The maximum absolute atomic E-state index is 7.22. The Balaban J connectivity index is 2.86. The quantitative estimate of drug-likeness (QED) is 0.528. The molecule has 0 aromatic heterocycles. The minimum atomic E-state index is -0.345. The van der Waals surface area contributed by atoms with E-state index in [9.17, 15) is 0 Å². The Morgan fingerprint density at radius 2 is 2.22 bits per heavy atom. The third-order valence-corrected chi connectivity index (χ3v) is 1.75. The van der Waals surface area contributed by atoms with Crippen molar-refractivity contribution in [3.05, 3.63) is 23.3 Å². The summed E-state index contributed by atoms with van der Waals surface area (Å²) in [7, 11) is 0. The third-order valence-electron chi connectivity index (χ3n) is 1.06. The van der Waals surface area contributed by atoms with E-state index in [1.54, 1.807) is 18.2 Å². The fraction of sp³-hybridized carbons (Fsp3) is 0.167. The number of nitrogens with one attached hydrogen (secondary N) is 1. The summed E-state index contributed by atoms with van der Waals surface area (Å²) in [4.78, 5) is 0. The fourth-order valence-corrected chi connectivity index (χ4v) is 1.00. The van der Waals surface area contributed by atoms with Gasteiger partial charge in [0.1, 0.15) is 0 Å². The standard InChI is InChI=1S/C6H5Cl2N/c7-4-2-1-3-5(8)6(4)9/h1-4,9H. The van der Waals surface area contributed by atoms with Crippen molar-refractivity contribution in [2.45, 2.75) is 5.38 Å². The van der Waals surface area contributed by atoms with Crippen molar-refractivity contribution in [3.63, 3.8) is 0 Å². The zero-order valence-electron chi connectivity index (χ0n) is 4.57. The van der Waals surface area contributed by atoms with Crippen molar-refractivity contribution >= 4 is 28.9 Å². The van der Waals surface area contributed by atoms with Crippen LogP contribution in [-0.4, -0.2) is 11.1 Å². The number of halogens is 2. The van der Waals surface area contributed by atoms with Gasteiger partial charge < -0.3 is 5.41 Å². The highest BCUT2D eigenvalue weighted by atomic mass is 35.5. The number of rotatable bonds is 0. The summed E-state index contributed by atoms with van der Waals surface area (Å²) in [6.07, 6.45) is 5.12. The highest BCUT2D eigenvalue weighted by Crippen LogP contribution is 2.16. The Kier molecular flexibility index (Phi) is 1.94. The lowest BCUT2D eigenvalue weighted by atomic mass is 10.1. The van der Waals surface area contributed by atoms with E-state index in [1.165, 1.54) is 0 Å². The van der Waals surface area contributed by atoms with Gasteiger partial charge in [-0.25, -0.2) is 0 Å². The molecule has 0 aromatic rings. The van der Waals surface area contributed by atoms with Crippen LogP contribution in [0.15, 0.2) is 23.3 Å². The second-order valence-electron chi connectivity index (χ2n) is 1.71. The summed E-state index contributed by atoms with van der Waals surface area (Å²) in [5.74, 6) is 0. The molecular formula is C6H5Cl2N. The van der Waals surface area contributed by atoms with E-state index in [0.29, 0.717) is 5.03 Å². The zero-order chi connectivity index (χ0) is 6.85. The van der Waals surface area contributed by atoms with Crippen molar-refractivity contribution in [1.29, 1.82) is 5.41 Å². The molecule has 1 nitrogen and oxygen atoms in total. The normalized spacial score (nSPS) is 26.2. The van der Waals surface area contributed by atoms with E-state index >= 15 is 0 Å². The monoisotopic (exact) mass is 161 g/mol. The molecule has 0 aromatic carbocycles. The molecular weight excluding hydrogens is 157 g/mol. The smallest absolute Gasteiger partial charge is 0.0948 e. The predicted octanol–water partition coefficient (Wildman–Crippen LogP) is 2.31. The summed E-state index contributed by atoms with van der Waals surface area (Å²) in [6.45, 7) is 0. The van der Waals surface area contributed by atoms with Gasteiger partial charge in [-0.05, 0) is 6.08 Å². The van der Waals surface area contributed by atoms with Gasteiger partial charge in [0.05, 0.1) is 16.1 Å². The van der Waals surface area contributed by atoms with Gasteiger partial charge in [0.25, 0.3) is 0 Å². The Labute approximate surface area is 63.5 Å². The molecule has 1 N–H and O–H groups in total. The van der Waals surface area contributed by atoms with Crippen LogP contribution in [0.3, 0.4) is 0 Å². The molecule has 0 spiro atoms. The van der Waals surface area contributed by atoms with Crippen LogP contribution in [0.5, 0.6) is 0 Å². The summed E-state index contributed by atoms with van der Waals surface area (Å²) in [5, 5.41) is 7.30. The molecule has 0 radical (unpaired) electrons. The lowest BCUT2D eigenvalue weighted by molar-refractivity contribution is 1.36. The SMILES string of the molecule is N=C1C(Cl)=CC=CC1Cl. The highest BCUT2D eigenvalue weighted by molar-refractivity contribution is 6.50. The van der Waals surface area contributed by atoms with Crippen LogP contribution in [0.1, 0.15) is 0 Å². The number of hydrogen-bond acceptors (Lipinski definition) is 1. The van der Waals surface area contributed by atoms with Crippen LogP contribution in [0, 0.1) is 5.41 Å². The molecule has 9 heavy (non-hydrogen) atoms. The topological polar surface area (TPSA) is 23.9 Å². The molecule has 1 atom stereocenters. The van der Waals surface area contributed by atoms with Gasteiger partial charge in [-0.3, -0.25) is 0 Å². The molecule has 0 amide bonds. The first-order valence-electron chi connectivity index (χ1n) is 2.48. The first-order chi connectivity index (χ1) is 4.22. The molecule has 0 saturated carbocycles. The molecule has 1 aliphatic rings. The Hall–Kier alpha value is -0.270. The van der Waals surface area contributed by atoms with Gasteiger partial charge in [-0.15, -0.1) is 11.6 Å².